The van der Waals surface area contributed by atoms with Crippen LogP contribution in [0.5, 0.6) is 5.75 Å². The minimum Gasteiger partial charge on any atom is -0.503 e. The Balaban J connectivity index is 1.56. The van der Waals surface area contributed by atoms with Crippen LogP contribution in [-0.2, 0) is 11.2 Å². The highest BCUT2D eigenvalue weighted by molar-refractivity contribution is 7.14. The van der Waals surface area contributed by atoms with Gasteiger partial charge in [0.25, 0.3) is 5.91 Å². The maximum Gasteiger partial charge on any atom is 0.275 e. The zero-order chi connectivity index (χ0) is 27.0. The maximum absolute atomic E-state index is 14.0. The lowest BCUT2D eigenvalue weighted by Crippen LogP contribution is -2.61. The first-order chi connectivity index (χ1) is 17.5. The van der Waals surface area contributed by atoms with E-state index < -0.39 is 34.4 Å². The summed E-state index contributed by atoms with van der Waals surface area (Å²) in [5.74, 6) is -2.65. The summed E-state index contributed by atoms with van der Waals surface area (Å²) in [7, 11) is 5.08. The molecular weight excluding hydrogens is 504 g/mol. The van der Waals surface area contributed by atoms with Gasteiger partial charge in [0.1, 0.15) is 16.6 Å². The number of aromatic amines is 1. The number of benzene rings is 1. The molecule has 2 aromatic heterocycles. The Morgan fingerprint density at radius 2 is 1.97 bits per heavy atom. The molecule has 4 rings (SSSR count). The van der Waals surface area contributed by atoms with Crippen molar-refractivity contribution in [2.24, 2.45) is 0 Å². The number of aromatic hydroxyl groups is 1. The third kappa shape index (κ3) is 5.13. The molecular formula is C25H29F2N5O4S. The Hall–Kier alpha value is -3.22. The monoisotopic (exact) mass is 533 g/mol. The van der Waals surface area contributed by atoms with E-state index in [9.17, 15) is 23.5 Å². The van der Waals surface area contributed by atoms with Crippen LogP contribution in [0.25, 0.3) is 10.6 Å². The summed E-state index contributed by atoms with van der Waals surface area (Å²) in [6.07, 6.45) is 4.07. The van der Waals surface area contributed by atoms with Crippen molar-refractivity contribution in [1.82, 2.24) is 25.4 Å². The van der Waals surface area contributed by atoms with Crippen LogP contribution < -0.4 is 10.7 Å². The summed E-state index contributed by atoms with van der Waals surface area (Å²) < 4.78 is 32.8. The molecule has 0 bridgehead atoms. The van der Waals surface area contributed by atoms with Crippen molar-refractivity contribution in [2.75, 3.05) is 21.2 Å². The van der Waals surface area contributed by atoms with Gasteiger partial charge in [0.2, 0.25) is 5.43 Å². The van der Waals surface area contributed by atoms with Crippen molar-refractivity contribution in [3.05, 3.63) is 62.5 Å². The number of H-pyrrole nitrogens is 1. The lowest BCUT2D eigenvalue weighted by atomic mass is 9.78. The van der Waals surface area contributed by atoms with Crippen molar-refractivity contribution in [1.29, 1.82) is 0 Å². The number of aromatic nitrogens is 3. The largest absolute Gasteiger partial charge is 0.503 e. The first-order valence-corrected chi connectivity index (χ1v) is 12.6. The third-order valence-electron chi connectivity index (χ3n) is 7.36. The molecule has 3 aromatic rings. The molecule has 12 heteroatoms. The van der Waals surface area contributed by atoms with Gasteiger partial charge in [0.05, 0.1) is 16.8 Å². The predicted octanol–water partition coefficient (Wildman–Crippen LogP) is 3.43. The van der Waals surface area contributed by atoms with Crippen LogP contribution in [0.2, 0.25) is 0 Å². The lowest BCUT2D eigenvalue weighted by Gasteiger charge is -2.48. The molecule has 3 N–H and O–H groups in total. The number of nitrogens with one attached hydrogen (secondary N) is 2. The first kappa shape index (κ1) is 26.8. The van der Waals surface area contributed by atoms with Crippen LogP contribution >= 0.6 is 11.3 Å². The van der Waals surface area contributed by atoms with Gasteiger partial charge in [-0.3, -0.25) is 14.9 Å². The average Bonchev–Trinajstić information content (AvgIpc) is 3.35. The molecule has 0 unspecified atom stereocenters. The second-order valence-corrected chi connectivity index (χ2v) is 10.5. The van der Waals surface area contributed by atoms with E-state index in [1.165, 1.54) is 17.2 Å². The van der Waals surface area contributed by atoms with E-state index >= 15 is 0 Å². The summed E-state index contributed by atoms with van der Waals surface area (Å²) in [5.41, 5.74) is -1.69. The number of nitrogens with zero attached hydrogens (tertiary/aromatic N) is 3. The molecule has 1 aromatic carbocycles. The number of hydrogen-bond donors (Lipinski definition) is 3. The predicted molar refractivity (Wildman–Crippen MR) is 135 cm³/mol. The van der Waals surface area contributed by atoms with Gasteiger partial charge < -0.3 is 19.7 Å². The zero-order valence-corrected chi connectivity index (χ0v) is 21.8. The molecule has 198 valence electrons. The van der Waals surface area contributed by atoms with Gasteiger partial charge in [-0.15, -0.1) is 10.2 Å². The van der Waals surface area contributed by atoms with E-state index in [0.29, 0.717) is 17.8 Å². The Kier molecular flexibility index (Phi) is 7.45. The van der Waals surface area contributed by atoms with Gasteiger partial charge in [-0.2, -0.15) is 0 Å². The number of amides is 1. The molecule has 1 saturated carbocycles. The summed E-state index contributed by atoms with van der Waals surface area (Å²) in [4.78, 5) is 30.6. The quantitative estimate of drug-likeness (QED) is 0.398. The van der Waals surface area contributed by atoms with E-state index in [-0.39, 0.29) is 33.9 Å². The van der Waals surface area contributed by atoms with Crippen molar-refractivity contribution in [3.63, 3.8) is 0 Å². The Morgan fingerprint density at radius 3 is 2.59 bits per heavy atom. The number of hydrogen-bond acceptors (Lipinski definition) is 8. The Morgan fingerprint density at radius 1 is 1.27 bits per heavy atom. The number of pyridine rings is 1. The molecule has 1 aliphatic carbocycles. The summed E-state index contributed by atoms with van der Waals surface area (Å²) in [6, 6.07) is 3.26. The summed E-state index contributed by atoms with van der Waals surface area (Å²) in [6.45, 7) is 2.03. The van der Waals surface area contributed by atoms with Gasteiger partial charge >= 0.3 is 0 Å². The fourth-order valence-corrected chi connectivity index (χ4v) is 5.49. The first-order valence-electron chi connectivity index (χ1n) is 11.8. The topological polar surface area (TPSA) is 120 Å². The molecule has 2 heterocycles. The molecule has 1 amide bonds. The van der Waals surface area contributed by atoms with Crippen molar-refractivity contribution in [2.45, 2.75) is 50.3 Å². The highest BCUT2D eigenvalue weighted by Crippen LogP contribution is 2.38. The molecule has 0 radical (unpaired) electrons. The SMILES string of the molecule is CNC1(N(C)C(=O)c2[nH]cc(-c3nnc(Cc4ccc(F)cc4F)s3)c(=O)c2O)CCC(C)(OC)CC1. The molecule has 1 fully saturated rings. The molecule has 9 nitrogen and oxygen atoms in total. The van der Waals surface area contributed by atoms with E-state index in [4.69, 9.17) is 4.74 Å². The highest BCUT2D eigenvalue weighted by atomic mass is 32.1. The molecule has 0 aliphatic heterocycles. The second kappa shape index (κ2) is 10.3. The lowest BCUT2D eigenvalue weighted by molar-refractivity contribution is -0.0664. The molecule has 0 spiro atoms. The Labute approximate surface area is 216 Å². The minimum absolute atomic E-state index is 0.0249. The summed E-state index contributed by atoms with van der Waals surface area (Å²) in [5, 5.41) is 22.5. The number of halogens is 2. The number of carbonyl (C=O) groups is 1. The zero-order valence-electron chi connectivity index (χ0n) is 21.0. The van der Waals surface area contributed by atoms with E-state index in [0.717, 1.165) is 36.3 Å². The van der Waals surface area contributed by atoms with Crippen LogP contribution in [0, 0.1) is 11.6 Å². The molecule has 1 aliphatic rings. The van der Waals surface area contributed by atoms with Crippen molar-refractivity contribution >= 4 is 17.2 Å². The van der Waals surface area contributed by atoms with Crippen LogP contribution in [0.4, 0.5) is 8.78 Å². The van der Waals surface area contributed by atoms with Crippen LogP contribution in [-0.4, -0.2) is 63.6 Å². The van der Waals surface area contributed by atoms with Gasteiger partial charge in [-0.05, 0) is 51.3 Å². The smallest absolute Gasteiger partial charge is 0.275 e. The Bertz CT molecular complexity index is 1370. The number of ether oxygens (including phenoxy) is 1. The van der Waals surface area contributed by atoms with Crippen molar-refractivity contribution < 1.29 is 23.4 Å². The van der Waals surface area contributed by atoms with Gasteiger partial charge in [0, 0.05) is 32.8 Å². The summed E-state index contributed by atoms with van der Waals surface area (Å²) >= 11 is 1.03. The standard InChI is InChI=1S/C25H29F2N5O4S/c1-24(36-4)7-9-25(28-2,10-8-24)32(3)23(35)19-21(34)20(33)16(13-29-19)22-31-30-18(37-22)11-14-5-6-15(26)12-17(14)27/h5-6,12-13,28,34H,7-11H2,1-4H3,(H,29,33). The van der Waals surface area contributed by atoms with Crippen LogP contribution in [0.3, 0.4) is 0 Å². The number of methoxy groups -OCH3 is 1. The van der Waals surface area contributed by atoms with Crippen LogP contribution in [0.15, 0.2) is 29.2 Å². The van der Waals surface area contributed by atoms with Gasteiger partial charge in [-0.1, -0.05) is 17.4 Å². The fourth-order valence-electron chi connectivity index (χ4n) is 4.61. The second-order valence-electron chi connectivity index (χ2n) is 9.47. The average molecular weight is 534 g/mol. The molecule has 0 saturated heterocycles. The fraction of sp³-hybridized carbons (Fsp3) is 0.440. The van der Waals surface area contributed by atoms with Crippen LogP contribution in [0.1, 0.15) is 53.7 Å². The maximum atomic E-state index is 14.0. The third-order valence-corrected chi connectivity index (χ3v) is 8.32. The van der Waals surface area contributed by atoms with E-state index in [1.54, 1.807) is 21.2 Å². The number of rotatable bonds is 7. The van der Waals surface area contributed by atoms with Gasteiger partial charge in [0.15, 0.2) is 16.5 Å². The van der Waals surface area contributed by atoms with Gasteiger partial charge in [-0.25, -0.2) is 8.78 Å². The molecule has 0 atom stereocenters. The van der Waals surface area contributed by atoms with Crippen molar-refractivity contribution in [3.8, 4) is 16.3 Å². The highest BCUT2D eigenvalue weighted by Gasteiger charge is 2.44. The van der Waals surface area contributed by atoms with E-state index in [2.05, 4.69) is 20.5 Å². The number of carbonyl (C=O) groups excluding carboxylic acids is 1. The molecule has 37 heavy (non-hydrogen) atoms. The van der Waals surface area contributed by atoms with E-state index in [1.807, 2.05) is 6.92 Å². The normalized spacial score (nSPS) is 21.7. The minimum atomic E-state index is -0.778.